The van der Waals surface area contributed by atoms with Gasteiger partial charge in [-0.05, 0) is 31.0 Å². The van der Waals surface area contributed by atoms with Crippen LogP contribution in [0, 0.1) is 0 Å². The minimum Gasteiger partial charge on any atom is -0.357 e. The van der Waals surface area contributed by atoms with E-state index in [0.29, 0.717) is 18.7 Å². The summed E-state index contributed by atoms with van der Waals surface area (Å²) in [5.74, 6) is 0.577. The number of nitrogens with one attached hydrogen (secondary N) is 1. The zero-order valence-corrected chi connectivity index (χ0v) is 16.2. The van der Waals surface area contributed by atoms with Crippen molar-refractivity contribution >= 4 is 23.6 Å². The van der Waals surface area contributed by atoms with Gasteiger partial charge in [0.25, 0.3) is 0 Å². The number of carbonyl (C=O) groups is 2. The molecule has 2 aromatic carbocycles. The van der Waals surface area contributed by atoms with E-state index in [-0.39, 0.29) is 11.8 Å². The summed E-state index contributed by atoms with van der Waals surface area (Å²) >= 11 is 1.66. The Labute approximate surface area is 160 Å². The summed E-state index contributed by atoms with van der Waals surface area (Å²) in [7, 11) is 1.60. The topological polar surface area (TPSA) is 49.4 Å². The van der Waals surface area contributed by atoms with Gasteiger partial charge in [-0.2, -0.15) is 0 Å². The lowest BCUT2D eigenvalue weighted by Crippen LogP contribution is -2.48. The molecule has 0 unspecified atom stereocenters. The molecule has 0 bridgehead atoms. The second kappa shape index (κ2) is 10.7. The lowest BCUT2D eigenvalue weighted by molar-refractivity contribution is -0.139. The third-order valence-corrected chi connectivity index (χ3v) is 5.24. The fourth-order valence-corrected chi connectivity index (χ4v) is 3.56. The van der Waals surface area contributed by atoms with E-state index in [9.17, 15) is 9.59 Å². The summed E-state index contributed by atoms with van der Waals surface area (Å²) in [6.07, 6.45) is 1.15. The van der Waals surface area contributed by atoms with E-state index in [1.807, 2.05) is 60.7 Å². The molecule has 138 valence electrons. The Morgan fingerprint density at radius 3 is 2.27 bits per heavy atom. The van der Waals surface area contributed by atoms with Crippen molar-refractivity contribution in [2.45, 2.75) is 30.7 Å². The van der Waals surface area contributed by atoms with Crippen molar-refractivity contribution in [2.24, 2.45) is 0 Å². The predicted octanol–water partition coefficient (Wildman–Crippen LogP) is 3.37. The largest absolute Gasteiger partial charge is 0.357 e. The molecule has 0 aliphatic carbocycles. The molecule has 0 aliphatic heterocycles. The fourth-order valence-electron chi connectivity index (χ4n) is 2.70. The van der Waals surface area contributed by atoms with E-state index in [2.05, 4.69) is 5.32 Å². The molecule has 0 spiro atoms. The quantitative estimate of drug-likeness (QED) is 0.689. The maximum Gasteiger partial charge on any atom is 0.242 e. The Hall–Kier alpha value is -2.27. The molecule has 1 N–H and O–H groups in total. The van der Waals surface area contributed by atoms with Crippen molar-refractivity contribution in [3.8, 4) is 0 Å². The normalized spacial score (nSPS) is 11.6. The van der Waals surface area contributed by atoms with Crippen molar-refractivity contribution in [1.29, 1.82) is 0 Å². The molecular formula is C21H26N2O2S. The van der Waals surface area contributed by atoms with Crippen molar-refractivity contribution in [2.75, 3.05) is 19.3 Å². The number of amides is 2. The van der Waals surface area contributed by atoms with Gasteiger partial charge in [0, 0.05) is 30.7 Å². The number of carbonyl (C=O) groups excluding carboxylic acids is 2. The number of hydrogen-bond donors (Lipinski definition) is 1. The van der Waals surface area contributed by atoms with Gasteiger partial charge in [-0.1, -0.05) is 48.5 Å². The maximum atomic E-state index is 12.7. The van der Waals surface area contributed by atoms with Crippen LogP contribution in [0.3, 0.4) is 0 Å². The van der Waals surface area contributed by atoms with Gasteiger partial charge in [-0.25, -0.2) is 0 Å². The number of thioether (sulfide) groups is 1. The number of benzene rings is 2. The van der Waals surface area contributed by atoms with Gasteiger partial charge < -0.3 is 10.2 Å². The summed E-state index contributed by atoms with van der Waals surface area (Å²) in [5.41, 5.74) is 1.16. The molecule has 2 amide bonds. The van der Waals surface area contributed by atoms with Crippen LogP contribution >= 0.6 is 11.8 Å². The Kier molecular flexibility index (Phi) is 8.22. The summed E-state index contributed by atoms with van der Waals surface area (Å²) in [5, 5.41) is 2.64. The van der Waals surface area contributed by atoms with Crippen LogP contribution in [0.1, 0.15) is 18.9 Å². The van der Waals surface area contributed by atoms with Gasteiger partial charge in [0.05, 0.1) is 0 Å². The molecule has 2 aromatic rings. The molecule has 26 heavy (non-hydrogen) atoms. The Bertz CT molecular complexity index is 692. The molecule has 0 aliphatic rings. The second-order valence-corrected chi connectivity index (χ2v) is 7.19. The van der Waals surface area contributed by atoms with Crippen molar-refractivity contribution in [3.05, 3.63) is 66.2 Å². The molecule has 0 radical (unpaired) electrons. The van der Waals surface area contributed by atoms with E-state index < -0.39 is 6.04 Å². The molecule has 4 nitrogen and oxygen atoms in total. The minimum absolute atomic E-state index is 0.0143. The zero-order chi connectivity index (χ0) is 18.8. The maximum absolute atomic E-state index is 12.7. The molecular weight excluding hydrogens is 344 g/mol. The minimum atomic E-state index is -0.474. The lowest BCUT2D eigenvalue weighted by atomic mass is 10.1. The van der Waals surface area contributed by atoms with E-state index in [1.165, 1.54) is 0 Å². The van der Waals surface area contributed by atoms with Gasteiger partial charge >= 0.3 is 0 Å². The third kappa shape index (κ3) is 6.23. The second-order valence-electron chi connectivity index (χ2n) is 6.02. The standard InChI is InChI=1S/C21H26N2O2S/c1-17(21(25)22-2)23(15-13-18-9-5-3-6-10-18)20(24)14-16-26-19-11-7-4-8-12-19/h3-12,17H,13-16H2,1-2H3,(H,22,25)/t17-/m1/s1. The fraction of sp³-hybridized carbons (Fsp3) is 0.333. The van der Waals surface area contributed by atoms with Crippen LogP contribution in [0.15, 0.2) is 65.6 Å². The molecule has 0 fully saturated rings. The van der Waals surface area contributed by atoms with E-state index >= 15 is 0 Å². The predicted molar refractivity (Wildman–Crippen MR) is 107 cm³/mol. The molecule has 0 saturated heterocycles. The van der Waals surface area contributed by atoms with E-state index in [4.69, 9.17) is 0 Å². The highest BCUT2D eigenvalue weighted by molar-refractivity contribution is 7.99. The highest BCUT2D eigenvalue weighted by Gasteiger charge is 2.24. The highest BCUT2D eigenvalue weighted by Crippen LogP contribution is 2.18. The third-order valence-electron chi connectivity index (χ3n) is 4.23. The van der Waals surface area contributed by atoms with Crippen LogP contribution in [0.25, 0.3) is 0 Å². The van der Waals surface area contributed by atoms with E-state index in [0.717, 1.165) is 16.9 Å². The van der Waals surface area contributed by atoms with Crippen LogP contribution in [0.2, 0.25) is 0 Å². The summed E-state index contributed by atoms with van der Waals surface area (Å²) in [6, 6.07) is 19.6. The number of nitrogens with zero attached hydrogens (tertiary/aromatic N) is 1. The summed E-state index contributed by atoms with van der Waals surface area (Å²) < 4.78 is 0. The molecule has 1 atom stereocenters. The SMILES string of the molecule is CNC(=O)[C@@H](C)N(CCc1ccccc1)C(=O)CCSc1ccccc1. The molecule has 0 aromatic heterocycles. The van der Waals surface area contributed by atoms with Crippen molar-refractivity contribution < 1.29 is 9.59 Å². The average molecular weight is 371 g/mol. The first-order valence-electron chi connectivity index (χ1n) is 8.84. The van der Waals surface area contributed by atoms with Crippen LogP contribution in [-0.2, 0) is 16.0 Å². The molecule has 5 heteroatoms. The Balaban J connectivity index is 1.94. The first kappa shape index (κ1) is 20.0. The van der Waals surface area contributed by atoms with Crippen LogP contribution in [-0.4, -0.2) is 42.1 Å². The number of rotatable bonds is 9. The van der Waals surface area contributed by atoms with Crippen LogP contribution in [0.4, 0.5) is 0 Å². The lowest BCUT2D eigenvalue weighted by Gasteiger charge is -2.28. The first-order valence-corrected chi connectivity index (χ1v) is 9.83. The van der Waals surface area contributed by atoms with Gasteiger partial charge in [0.1, 0.15) is 6.04 Å². The first-order chi connectivity index (χ1) is 12.6. The number of likely N-dealkylation sites (N-methyl/N-ethyl adjacent to an activating group) is 1. The van der Waals surface area contributed by atoms with Gasteiger partial charge in [-0.15, -0.1) is 11.8 Å². The Morgan fingerprint density at radius 1 is 1.04 bits per heavy atom. The zero-order valence-electron chi connectivity index (χ0n) is 15.4. The van der Waals surface area contributed by atoms with E-state index in [1.54, 1.807) is 30.6 Å². The van der Waals surface area contributed by atoms with Crippen molar-refractivity contribution in [3.63, 3.8) is 0 Å². The summed E-state index contributed by atoms with van der Waals surface area (Å²) in [4.78, 5) is 27.6. The smallest absolute Gasteiger partial charge is 0.242 e. The monoisotopic (exact) mass is 370 g/mol. The highest BCUT2D eigenvalue weighted by atomic mass is 32.2. The molecule has 0 saturated carbocycles. The van der Waals surface area contributed by atoms with Crippen molar-refractivity contribution in [1.82, 2.24) is 10.2 Å². The van der Waals surface area contributed by atoms with Gasteiger partial charge in [0.15, 0.2) is 0 Å². The van der Waals surface area contributed by atoms with Gasteiger partial charge in [-0.3, -0.25) is 9.59 Å². The summed E-state index contributed by atoms with van der Waals surface area (Å²) in [6.45, 7) is 2.32. The molecule has 2 rings (SSSR count). The van der Waals surface area contributed by atoms with Crippen LogP contribution < -0.4 is 5.32 Å². The molecule has 0 heterocycles. The van der Waals surface area contributed by atoms with Gasteiger partial charge in [0.2, 0.25) is 11.8 Å². The Morgan fingerprint density at radius 2 is 1.65 bits per heavy atom. The van der Waals surface area contributed by atoms with Crippen LogP contribution in [0.5, 0.6) is 0 Å². The number of hydrogen-bond acceptors (Lipinski definition) is 3. The average Bonchev–Trinajstić information content (AvgIpc) is 2.69.